The number of hydrogen-bond acceptors (Lipinski definition) is 4. The predicted octanol–water partition coefficient (Wildman–Crippen LogP) is 2.43. The molecule has 6 heteroatoms. The molecule has 0 aliphatic rings. The van der Waals surface area contributed by atoms with Crippen LogP contribution in [0.4, 0.5) is 4.79 Å². The number of amides is 1. The standard InChI is InChI=1S/C11H13ClN2O3/c1-7(13-14-11(15)17-3)9-6-8(12)4-5-10(9)16-2/h4-6H,1-3H3,(H,14,15)/b13-7-. The topological polar surface area (TPSA) is 59.9 Å². The lowest BCUT2D eigenvalue weighted by atomic mass is 10.1. The Morgan fingerprint density at radius 3 is 2.71 bits per heavy atom. The summed E-state index contributed by atoms with van der Waals surface area (Å²) in [4.78, 5) is 10.9. The summed E-state index contributed by atoms with van der Waals surface area (Å²) in [6.07, 6.45) is -0.634. The first kappa shape index (κ1) is 13.3. The van der Waals surface area contributed by atoms with Crippen molar-refractivity contribution in [3.05, 3.63) is 28.8 Å². The first-order chi connectivity index (χ1) is 8.08. The second kappa shape index (κ2) is 6.10. The van der Waals surface area contributed by atoms with Crippen LogP contribution >= 0.6 is 11.6 Å². The van der Waals surface area contributed by atoms with Gasteiger partial charge in [0, 0.05) is 10.6 Å². The zero-order valence-corrected chi connectivity index (χ0v) is 10.5. The second-order valence-corrected chi connectivity index (χ2v) is 3.58. The minimum atomic E-state index is -0.634. The molecule has 0 spiro atoms. The largest absolute Gasteiger partial charge is 0.496 e. The van der Waals surface area contributed by atoms with Gasteiger partial charge in [-0.05, 0) is 25.1 Å². The summed E-state index contributed by atoms with van der Waals surface area (Å²) in [5.74, 6) is 0.627. The summed E-state index contributed by atoms with van der Waals surface area (Å²) in [6.45, 7) is 1.73. The Morgan fingerprint density at radius 2 is 2.12 bits per heavy atom. The van der Waals surface area contributed by atoms with Crippen molar-refractivity contribution in [1.29, 1.82) is 0 Å². The van der Waals surface area contributed by atoms with Crippen molar-refractivity contribution in [3.63, 3.8) is 0 Å². The van der Waals surface area contributed by atoms with Crippen molar-refractivity contribution < 1.29 is 14.3 Å². The van der Waals surface area contributed by atoms with Crippen molar-refractivity contribution in [2.24, 2.45) is 5.10 Å². The number of ether oxygens (including phenoxy) is 2. The molecule has 0 aliphatic carbocycles. The summed E-state index contributed by atoms with van der Waals surface area (Å²) in [5, 5.41) is 4.43. The Morgan fingerprint density at radius 1 is 1.41 bits per heavy atom. The third-order valence-electron chi connectivity index (χ3n) is 2.05. The number of hydrogen-bond donors (Lipinski definition) is 1. The number of hydrazone groups is 1. The molecule has 0 aromatic heterocycles. The first-order valence-electron chi connectivity index (χ1n) is 4.80. The van der Waals surface area contributed by atoms with Gasteiger partial charge in [-0.15, -0.1) is 0 Å². The summed E-state index contributed by atoms with van der Waals surface area (Å²) in [5.41, 5.74) is 3.50. The summed E-state index contributed by atoms with van der Waals surface area (Å²) < 4.78 is 9.57. The number of nitrogens with one attached hydrogen (secondary N) is 1. The number of nitrogens with zero attached hydrogens (tertiary/aromatic N) is 1. The Hall–Kier alpha value is -1.75. The average Bonchev–Trinajstić information content (AvgIpc) is 2.35. The lowest BCUT2D eigenvalue weighted by Gasteiger charge is -2.08. The highest BCUT2D eigenvalue weighted by Gasteiger charge is 2.07. The van der Waals surface area contributed by atoms with Crippen molar-refractivity contribution in [3.8, 4) is 5.75 Å². The fourth-order valence-electron chi connectivity index (χ4n) is 1.20. The lowest BCUT2D eigenvalue weighted by Crippen LogP contribution is -2.18. The maximum Gasteiger partial charge on any atom is 0.427 e. The van der Waals surface area contributed by atoms with E-state index in [2.05, 4.69) is 15.3 Å². The van der Waals surface area contributed by atoms with Crippen LogP contribution in [0.15, 0.2) is 23.3 Å². The summed E-state index contributed by atoms with van der Waals surface area (Å²) in [6, 6.07) is 5.15. The van der Waals surface area contributed by atoms with Crippen LogP contribution in [0.25, 0.3) is 0 Å². The zero-order valence-electron chi connectivity index (χ0n) is 9.78. The van der Waals surface area contributed by atoms with E-state index in [1.165, 1.54) is 7.11 Å². The quantitative estimate of drug-likeness (QED) is 0.667. The molecular formula is C11H13ClN2O3. The molecule has 0 bridgehead atoms. The van der Waals surface area contributed by atoms with E-state index >= 15 is 0 Å². The monoisotopic (exact) mass is 256 g/mol. The van der Waals surface area contributed by atoms with Crippen molar-refractivity contribution >= 4 is 23.4 Å². The molecule has 0 fully saturated rings. The maximum absolute atomic E-state index is 10.9. The molecule has 0 unspecified atom stereocenters. The number of rotatable bonds is 3. The highest BCUT2D eigenvalue weighted by Crippen LogP contribution is 2.23. The molecular weight excluding hydrogens is 244 g/mol. The minimum Gasteiger partial charge on any atom is -0.496 e. The third kappa shape index (κ3) is 3.64. The summed E-state index contributed by atoms with van der Waals surface area (Å²) in [7, 11) is 2.81. The molecule has 0 atom stereocenters. The van der Waals surface area contributed by atoms with Gasteiger partial charge < -0.3 is 9.47 Å². The van der Waals surface area contributed by atoms with Gasteiger partial charge in [0.2, 0.25) is 0 Å². The van der Waals surface area contributed by atoms with Crippen LogP contribution in [0.1, 0.15) is 12.5 Å². The molecule has 1 amide bonds. The molecule has 0 saturated heterocycles. The van der Waals surface area contributed by atoms with Crippen LogP contribution in [-0.2, 0) is 4.74 Å². The Labute approximate surface area is 104 Å². The van der Waals surface area contributed by atoms with Crippen LogP contribution in [0.5, 0.6) is 5.75 Å². The third-order valence-corrected chi connectivity index (χ3v) is 2.29. The van der Waals surface area contributed by atoms with Crippen LogP contribution < -0.4 is 10.2 Å². The normalized spacial score (nSPS) is 10.9. The molecule has 0 heterocycles. The van der Waals surface area contributed by atoms with E-state index < -0.39 is 6.09 Å². The SMILES string of the molecule is COC(=O)N/N=C(/C)c1cc(Cl)ccc1OC. The van der Waals surface area contributed by atoms with E-state index in [1.54, 1.807) is 32.2 Å². The molecule has 1 aromatic rings. The van der Waals surface area contributed by atoms with E-state index in [0.717, 1.165) is 0 Å². The minimum absolute atomic E-state index is 0.563. The van der Waals surface area contributed by atoms with Gasteiger partial charge in [0.1, 0.15) is 5.75 Å². The molecule has 1 N–H and O–H groups in total. The molecule has 0 radical (unpaired) electrons. The van der Waals surface area contributed by atoms with Crippen LogP contribution in [0.3, 0.4) is 0 Å². The molecule has 1 aromatic carbocycles. The van der Waals surface area contributed by atoms with Gasteiger partial charge in [0.25, 0.3) is 0 Å². The highest BCUT2D eigenvalue weighted by molar-refractivity contribution is 6.31. The lowest BCUT2D eigenvalue weighted by molar-refractivity contribution is 0.171. The first-order valence-corrected chi connectivity index (χ1v) is 5.18. The highest BCUT2D eigenvalue weighted by atomic mass is 35.5. The van der Waals surface area contributed by atoms with Gasteiger partial charge in [0.15, 0.2) is 0 Å². The van der Waals surface area contributed by atoms with E-state index in [0.29, 0.717) is 22.0 Å². The van der Waals surface area contributed by atoms with Gasteiger partial charge >= 0.3 is 6.09 Å². The van der Waals surface area contributed by atoms with Crippen molar-refractivity contribution in [2.75, 3.05) is 14.2 Å². The van der Waals surface area contributed by atoms with E-state index in [1.807, 2.05) is 0 Å². The van der Waals surface area contributed by atoms with Crippen LogP contribution in [-0.4, -0.2) is 26.0 Å². The molecule has 0 aliphatic heterocycles. The molecule has 92 valence electrons. The van der Waals surface area contributed by atoms with Crippen molar-refractivity contribution in [2.45, 2.75) is 6.92 Å². The number of halogens is 1. The zero-order chi connectivity index (χ0) is 12.8. The Balaban J connectivity index is 2.97. The fraction of sp³-hybridized carbons (Fsp3) is 0.273. The van der Waals surface area contributed by atoms with Crippen LogP contribution in [0.2, 0.25) is 5.02 Å². The molecule has 17 heavy (non-hydrogen) atoms. The number of benzene rings is 1. The molecule has 1 rings (SSSR count). The van der Waals surface area contributed by atoms with Gasteiger partial charge in [0.05, 0.1) is 19.9 Å². The maximum atomic E-state index is 10.9. The number of carbonyl (C=O) groups is 1. The fourth-order valence-corrected chi connectivity index (χ4v) is 1.37. The van der Waals surface area contributed by atoms with Gasteiger partial charge in [-0.3, -0.25) is 0 Å². The van der Waals surface area contributed by atoms with Crippen molar-refractivity contribution in [1.82, 2.24) is 5.43 Å². The van der Waals surface area contributed by atoms with Gasteiger partial charge in [-0.25, -0.2) is 10.2 Å². The number of methoxy groups -OCH3 is 2. The second-order valence-electron chi connectivity index (χ2n) is 3.15. The Bertz CT molecular complexity index is 446. The smallest absolute Gasteiger partial charge is 0.427 e. The molecule has 0 saturated carbocycles. The predicted molar refractivity (Wildman–Crippen MR) is 65.8 cm³/mol. The average molecular weight is 257 g/mol. The number of carbonyl (C=O) groups excluding carboxylic acids is 1. The summed E-state index contributed by atoms with van der Waals surface area (Å²) >= 11 is 5.89. The van der Waals surface area contributed by atoms with Gasteiger partial charge in [-0.2, -0.15) is 5.10 Å². The van der Waals surface area contributed by atoms with Gasteiger partial charge in [-0.1, -0.05) is 11.6 Å². The van der Waals surface area contributed by atoms with Crippen LogP contribution in [0, 0.1) is 0 Å². The Kier molecular flexibility index (Phi) is 4.78. The van der Waals surface area contributed by atoms with E-state index in [-0.39, 0.29) is 0 Å². The van der Waals surface area contributed by atoms with E-state index in [4.69, 9.17) is 16.3 Å². The van der Waals surface area contributed by atoms with E-state index in [9.17, 15) is 4.79 Å². The molecule has 5 nitrogen and oxygen atoms in total.